The van der Waals surface area contributed by atoms with E-state index >= 15 is 0 Å². The number of carbonyl (C=O) groups is 2. The van der Waals surface area contributed by atoms with Gasteiger partial charge in [0.2, 0.25) is 0 Å². The zero-order valence-corrected chi connectivity index (χ0v) is 13.6. The number of ether oxygens (including phenoxy) is 2. The van der Waals surface area contributed by atoms with Gasteiger partial charge in [-0.15, -0.1) is 0 Å². The first kappa shape index (κ1) is 16.0. The van der Waals surface area contributed by atoms with Crippen molar-refractivity contribution >= 4 is 11.9 Å². The number of cyclic esters (lactones) is 2. The number of carbonyl (C=O) groups excluding carboxylic acids is 2. The number of fused-ring (bicyclic) bond motifs is 5. The van der Waals surface area contributed by atoms with Crippen LogP contribution in [0.4, 0.5) is 0 Å². The van der Waals surface area contributed by atoms with Crippen LogP contribution in [-0.2, 0) is 19.1 Å². The maximum Gasteiger partial charge on any atom is 0.320 e. The minimum absolute atomic E-state index is 0.0713. The Labute approximate surface area is 132 Å². The maximum absolute atomic E-state index is 12.0. The van der Waals surface area contributed by atoms with E-state index in [1.54, 1.807) is 0 Å². The minimum atomic E-state index is -0.388. The van der Waals surface area contributed by atoms with E-state index in [0.717, 1.165) is 25.7 Å². The first-order chi connectivity index (χ1) is 10.7. The smallest absolute Gasteiger partial charge is 0.320 e. The molecule has 3 saturated heterocycles. The van der Waals surface area contributed by atoms with E-state index in [-0.39, 0.29) is 35.5 Å². The Morgan fingerprint density at radius 1 is 1.00 bits per heavy atom. The lowest BCUT2D eigenvalue weighted by Gasteiger charge is -2.29. The maximum atomic E-state index is 12.0. The van der Waals surface area contributed by atoms with Crippen LogP contribution in [0.5, 0.6) is 0 Å². The van der Waals surface area contributed by atoms with Gasteiger partial charge in [-0.05, 0) is 19.3 Å². The minimum Gasteiger partial charge on any atom is -0.393 e. The highest BCUT2D eigenvalue weighted by Gasteiger charge is 2.68. The highest BCUT2D eigenvalue weighted by Crippen LogP contribution is 2.56. The van der Waals surface area contributed by atoms with Crippen LogP contribution in [0, 0.1) is 11.8 Å². The second kappa shape index (κ2) is 6.69. The Hall–Kier alpha value is -0.900. The fourth-order valence-corrected chi connectivity index (χ4v) is 4.61. The summed E-state index contributed by atoms with van der Waals surface area (Å²) in [5.74, 6) is -1.31. The monoisotopic (exact) mass is 308 g/mol. The summed E-state index contributed by atoms with van der Waals surface area (Å²) < 4.78 is 11.0. The van der Waals surface area contributed by atoms with E-state index in [1.165, 1.54) is 44.9 Å². The van der Waals surface area contributed by atoms with E-state index in [9.17, 15) is 9.59 Å². The van der Waals surface area contributed by atoms with Gasteiger partial charge in [-0.2, -0.15) is 0 Å². The molecule has 0 saturated carbocycles. The third-order valence-electron chi connectivity index (χ3n) is 5.75. The molecule has 3 rings (SSSR count). The Kier molecular flexibility index (Phi) is 4.86. The molecule has 2 unspecified atom stereocenters. The van der Waals surface area contributed by atoms with Crippen LogP contribution in [0.15, 0.2) is 0 Å². The second-order valence-electron chi connectivity index (χ2n) is 7.23. The van der Waals surface area contributed by atoms with Crippen molar-refractivity contribution in [1.29, 1.82) is 0 Å². The lowest BCUT2D eigenvalue weighted by Crippen LogP contribution is -2.40. The normalized spacial score (nSPS) is 36.0. The molecule has 3 aliphatic rings. The van der Waals surface area contributed by atoms with Crippen molar-refractivity contribution in [3.63, 3.8) is 0 Å². The van der Waals surface area contributed by atoms with Crippen LogP contribution in [0.25, 0.3) is 0 Å². The molecule has 0 spiro atoms. The van der Waals surface area contributed by atoms with Gasteiger partial charge in [0.05, 0.1) is 17.6 Å². The van der Waals surface area contributed by atoms with Gasteiger partial charge in [-0.1, -0.05) is 58.3 Å². The molecule has 3 heterocycles. The molecule has 0 radical (unpaired) electrons. The van der Waals surface area contributed by atoms with Crippen molar-refractivity contribution in [1.82, 2.24) is 0 Å². The predicted molar refractivity (Wildman–Crippen MR) is 82.1 cm³/mol. The van der Waals surface area contributed by atoms with Crippen molar-refractivity contribution in [2.75, 3.05) is 0 Å². The van der Waals surface area contributed by atoms with Crippen LogP contribution in [0.1, 0.15) is 77.6 Å². The predicted octanol–water partition coefficient (Wildman–Crippen LogP) is 3.76. The molecule has 0 amide bonds. The third kappa shape index (κ3) is 2.82. The van der Waals surface area contributed by atoms with Gasteiger partial charge in [0, 0.05) is 0 Å². The van der Waals surface area contributed by atoms with E-state index in [4.69, 9.17) is 9.47 Å². The number of hydrogen-bond acceptors (Lipinski definition) is 4. The topological polar surface area (TPSA) is 52.6 Å². The molecule has 0 aromatic carbocycles. The molecule has 0 aliphatic carbocycles. The van der Waals surface area contributed by atoms with E-state index in [2.05, 4.69) is 6.92 Å². The zero-order valence-electron chi connectivity index (χ0n) is 13.6. The molecule has 0 aromatic rings. The number of rotatable bonds is 9. The molecular formula is C18H28O4. The van der Waals surface area contributed by atoms with Crippen molar-refractivity contribution in [3.05, 3.63) is 0 Å². The quantitative estimate of drug-likeness (QED) is 0.370. The van der Waals surface area contributed by atoms with Crippen LogP contribution in [0.2, 0.25) is 0 Å². The zero-order chi connectivity index (χ0) is 15.6. The largest absolute Gasteiger partial charge is 0.393 e. The fraction of sp³-hybridized carbons (Fsp3) is 0.889. The summed E-state index contributed by atoms with van der Waals surface area (Å²) in [5.41, 5.74) is -0.388. The van der Waals surface area contributed by atoms with Crippen molar-refractivity contribution in [2.24, 2.45) is 11.8 Å². The average molecular weight is 308 g/mol. The number of hydrogen-bond donors (Lipinski definition) is 0. The van der Waals surface area contributed by atoms with E-state index in [0.29, 0.717) is 0 Å². The summed E-state index contributed by atoms with van der Waals surface area (Å²) >= 11 is 0. The molecule has 3 aliphatic heterocycles. The molecule has 22 heavy (non-hydrogen) atoms. The molecule has 4 heteroatoms. The van der Waals surface area contributed by atoms with Gasteiger partial charge in [0.1, 0.15) is 5.92 Å². The van der Waals surface area contributed by atoms with Crippen LogP contribution in [0.3, 0.4) is 0 Å². The first-order valence-electron chi connectivity index (χ1n) is 9.11. The van der Waals surface area contributed by atoms with Crippen LogP contribution < -0.4 is 0 Å². The highest BCUT2D eigenvalue weighted by molar-refractivity contribution is 5.98. The molecule has 4 nitrogen and oxygen atoms in total. The third-order valence-corrected chi connectivity index (χ3v) is 5.75. The summed E-state index contributed by atoms with van der Waals surface area (Å²) in [4.78, 5) is 23.8. The van der Waals surface area contributed by atoms with Gasteiger partial charge >= 0.3 is 11.9 Å². The van der Waals surface area contributed by atoms with Gasteiger partial charge in [-0.25, -0.2) is 0 Å². The lowest BCUT2D eigenvalue weighted by molar-refractivity contribution is -0.159. The van der Waals surface area contributed by atoms with Gasteiger partial charge in [0.15, 0.2) is 0 Å². The molecule has 0 N–H and O–H groups in total. The van der Waals surface area contributed by atoms with Gasteiger partial charge in [0.25, 0.3) is 0 Å². The van der Waals surface area contributed by atoms with E-state index < -0.39 is 0 Å². The van der Waals surface area contributed by atoms with E-state index in [1.807, 2.05) is 0 Å². The Morgan fingerprint density at radius 3 is 2.41 bits per heavy atom. The standard InChI is InChI=1S/C18H28O4/c1-2-3-4-5-6-7-8-9-11-18-12-10-13(22-18)14-15(18)17(20)21-16(14)19/h13-15H,2-12H2,1H3/t13-,14?,15?,18+/m1/s1. The molecule has 4 atom stereocenters. The second-order valence-corrected chi connectivity index (χ2v) is 7.23. The Balaban J connectivity index is 1.43. The van der Waals surface area contributed by atoms with Crippen LogP contribution >= 0.6 is 0 Å². The fourth-order valence-electron chi connectivity index (χ4n) is 4.61. The Morgan fingerprint density at radius 2 is 1.68 bits per heavy atom. The molecule has 2 bridgehead atoms. The van der Waals surface area contributed by atoms with Crippen LogP contribution in [-0.4, -0.2) is 23.6 Å². The summed E-state index contributed by atoms with van der Waals surface area (Å²) in [6, 6.07) is 0. The molecule has 3 fully saturated rings. The summed E-state index contributed by atoms with van der Waals surface area (Å²) in [5, 5.41) is 0. The number of esters is 2. The van der Waals surface area contributed by atoms with Gasteiger partial charge < -0.3 is 9.47 Å². The van der Waals surface area contributed by atoms with Gasteiger partial charge in [-0.3, -0.25) is 9.59 Å². The van der Waals surface area contributed by atoms with Crippen molar-refractivity contribution < 1.29 is 19.1 Å². The average Bonchev–Trinajstić information content (AvgIpc) is 3.14. The molecule has 124 valence electrons. The summed E-state index contributed by atoms with van der Waals surface area (Å²) in [6.07, 6.45) is 12.8. The highest BCUT2D eigenvalue weighted by atomic mass is 16.6. The SMILES string of the molecule is CCCCCCCCCC[C@@]12CC[C@@H](O1)C1C(=O)OC(=O)C12. The van der Waals surface area contributed by atoms with Crippen molar-refractivity contribution in [2.45, 2.75) is 89.3 Å². The molecular weight excluding hydrogens is 280 g/mol. The first-order valence-corrected chi connectivity index (χ1v) is 9.11. The molecule has 0 aromatic heterocycles. The summed E-state index contributed by atoms with van der Waals surface area (Å²) in [6.45, 7) is 2.24. The summed E-state index contributed by atoms with van der Waals surface area (Å²) in [7, 11) is 0. The van der Waals surface area contributed by atoms with Crippen molar-refractivity contribution in [3.8, 4) is 0 Å². The lowest BCUT2D eigenvalue weighted by atomic mass is 9.71. The Bertz CT molecular complexity index is 433. The number of unbranched alkanes of at least 4 members (excludes halogenated alkanes) is 7.